The quantitative estimate of drug-likeness (QED) is 0.562. The highest BCUT2D eigenvalue weighted by Crippen LogP contribution is 2.19. The maximum Gasteiger partial charge on any atom is 0.343 e. The Labute approximate surface area is 143 Å². The van der Waals surface area contributed by atoms with E-state index < -0.39 is 5.97 Å². The van der Waals surface area contributed by atoms with Crippen molar-refractivity contribution in [1.82, 2.24) is 0 Å². The average Bonchev–Trinajstić information content (AvgIpc) is 3.11. The highest BCUT2D eigenvalue weighted by Gasteiger charge is 2.11. The van der Waals surface area contributed by atoms with Gasteiger partial charge in [0, 0.05) is 5.69 Å². The van der Waals surface area contributed by atoms with Gasteiger partial charge in [0.1, 0.15) is 5.75 Å². The molecule has 0 aliphatic heterocycles. The zero-order valence-corrected chi connectivity index (χ0v) is 13.8. The van der Waals surface area contributed by atoms with Crippen LogP contribution in [0.5, 0.6) is 5.75 Å². The van der Waals surface area contributed by atoms with Gasteiger partial charge in [-0.05, 0) is 54.3 Å². The second-order valence-electron chi connectivity index (χ2n) is 5.16. The van der Waals surface area contributed by atoms with Crippen LogP contribution in [0.3, 0.4) is 0 Å². The molecule has 0 radical (unpaired) electrons. The number of benzene rings is 2. The largest absolute Gasteiger partial charge is 0.423 e. The van der Waals surface area contributed by atoms with Gasteiger partial charge in [-0.25, -0.2) is 4.79 Å². The smallest absolute Gasteiger partial charge is 0.343 e. The number of amides is 1. The molecular weight excluding hydrogens is 322 g/mol. The van der Waals surface area contributed by atoms with Crippen molar-refractivity contribution in [2.45, 2.75) is 6.92 Å². The molecule has 0 spiro atoms. The van der Waals surface area contributed by atoms with Crippen molar-refractivity contribution in [2.24, 2.45) is 0 Å². The Kier molecular flexibility index (Phi) is 4.72. The molecule has 120 valence electrons. The van der Waals surface area contributed by atoms with Crippen molar-refractivity contribution in [3.05, 3.63) is 82.0 Å². The molecule has 0 aliphatic carbocycles. The monoisotopic (exact) mass is 337 g/mol. The number of thiophene rings is 1. The molecule has 2 aromatic carbocycles. The molecule has 0 saturated heterocycles. The molecule has 1 amide bonds. The summed E-state index contributed by atoms with van der Waals surface area (Å²) in [5.74, 6) is -0.129. The van der Waals surface area contributed by atoms with Gasteiger partial charge in [-0.3, -0.25) is 4.79 Å². The van der Waals surface area contributed by atoms with E-state index in [2.05, 4.69) is 5.32 Å². The molecule has 1 N–H and O–H groups in total. The minimum atomic E-state index is -0.400. The summed E-state index contributed by atoms with van der Waals surface area (Å²) in [6, 6.07) is 17.6. The summed E-state index contributed by atoms with van der Waals surface area (Å²) in [4.78, 5) is 24.8. The van der Waals surface area contributed by atoms with Gasteiger partial charge in [0.15, 0.2) is 0 Å². The Bertz CT molecular complexity index is 855. The Balaban J connectivity index is 1.65. The van der Waals surface area contributed by atoms with Gasteiger partial charge in [-0.2, -0.15) is 0 Å². The van der Waals surface area contributed by atoms with Crippen molar-refractivity contribution in [3.8, 4) is 5.75 Å². The summed E-state index contributed by atoms with van der Waals surface area (Å²) in [6.45, 7) is 1.86. The van der Waals surface area contributed by atoms with Crippen LogP contribution < -0.4 is 10.1 Å². The first kappa shape index (κ1) is 16.0. The van der Waals surface area contributed by atoms with E-state index in [1.165, 1.54) is 11.3 Å². The molecular formula is C19H15NO3S. The minimum Gasteiger partial charge on any atom is -0.423 e. The fraction of sp³-hybridized carbons (Fsp3) is 0.0526. The molecule has 0 saturated carbocycles. The summed E-state index contributed by atoms with van der Waals surface area (Å²) >= 11 is 1.38. The second-order valence-corrected chi connectivity index (χ2v) is 6.11. The summed E-state index contributed by atoms with van der Waals surface area (Å²) < 4.78 is 5.36. The van der Waals surface area contributed by atoms with Gasteiger partial charge < -0.3 is 10.1 Å². The molecule has 0 aliphatic rings. The fourth-order valence-electron chi connectivity index (χ4n) is 2.17. The maximum atomic E-state index is 12.2. The first-order valence-corrected chi connectivity index (χ1v) is 8.24. The Hall–Kier alpha value is -2.92. The SMILES string of the molecule is Cc1ccccc1C(=O)Oc1ccc(NC(=O)c2cccs2)cc1. The minimum absolute atomic E-state index is 0.158. The normalized spacial score (nSPS) is 10.2. The van der Waals surface area contributed by atoms with Gasteiger partial charge in [-0.15, -0.1) is 11.3 Å². The average molecular weight is 337 g/mol. The molecule has 1 aromatic heterocycles. The molecule has 5 heteroatoms. The number of esters is 1. The van der Waals surface area contributed by atoms with Gasteiger partial charge in [0.05, 0.1) is 10.4 Å². The lowest BCUT2D eigenvalue weighted by Gasteiger charge is -2.08. The molecule has 3 aromatic rings. The van der Waals surface area contributed by atoms with E-state index in [0.29, 0.717) is 21.9 Å². The van der Waals surface area contributed by atoms with Crippen molar-refractivity contribution in [2.75, 3.05) is 5.32 Å². The lowest BCUT2D eigenvalue weighted by molar-refractivity contribution is 0.0733. The number of aryl methyl sites for hydroxylation is 1. The molecule has 0 bridgehead atoms. The van der Waals surface area contributed by atoms with Crippen molar-refractivity contribution in [1.29, 1.82) is 0 Å². The predicted octanol–water partition coefficient (Wildman–Crippen LogP) is 4.53. The molecule has 1 heterocycles. The molecule has 4 nitrogen and oxygen atoms in total. The van der Waals surface area contributed by atoms with E-state index in [-0.39, 0.29) is 5.91 Å². The number of rotatable bonds is 4. The highest BCUT2D eigenvalue weighted by molar-refractivity contribution is 7.12. The molecule has 0 unspecified atom stereocenters. The number of anilines is 1. The Morgan fingerprint density at radius 1 is 0.958 bits per heavy atom. The molecule has 0 fully saturated rings. The van der Waals surface area contributed by atoms with Crippen LogP contribution in [-0.2, 0) is 0 Å². The van der Waals surface area contributed by atoms with E-state index >= 15 is 0 Å². The maximum absolute atomic E-state index is 12.2. The lowest BCUT2D eigenvalue weighted by Crippen LogP contribution is -2.11. The fourth-order valence-corrected chi connectivity index (χ4v) is 2.79. The third-order valence-corrected chi connectivity index (χ3v) is 4.30. The van der Waals surface area contributed by atoms with Gasteiger partial charge in [0.2, 0.25) is 0 Å². The van der Waals surface area contributed by atoms with Crippen LogP contribution in [0.4, 0.5) is 5.69 Å². The van der Waals surface area contributed by atoms with Crippen LogP contribution in [0.15, 0.2) is 66.0 Å². The number of nitrogens with one attached hydrogen (secondary N) is 1. The standard InChI is InChI=1S/C19H15NO3S/c1-13-5-2-3-6-16(13)19(22)23-15-10-8-14(9-11-15)20-18(21)17-7-4-12-24-17/h2-12H,1H3,(H,20,21). The Morgan fingerprint density at radius 2 is 1.71 bits per heavy atom. The molecule has 3 rings (SSSR count). The van der Waals surface area contributed by atoms with Gasteiger partial charge in [-0.1, -0.05) is 24.3 Å². The first-order chi connectivity index (χ1) is 11.6. The third-order valence-electron chi connectivity index (χ3n) is 3.43. The Morgan fingerprint density at radius 3 is 2.38 bits per heavy atom. The van der Waals surface area contributed by atoms with E-state index in [4.69, 9.17) is 4.74 Å². The van der Waals surface area contributed by atoms with E-state index in [9.17, 15) is 9.59 Å². The number of hydrogen-bond donors (Lipinski definition) is 1. The zero-order chi connectivity index (χ0) is 16.9. The van der Waals surface area contributed by atoms with E-state index in [0.717, 1.165) is 5.56 Å². The lowest BCUT2D eigenvalue weighted by atomic mass is 10.1. The topological polar surface area (TPSA) is 55.4 Å². The third kappa shape index (κ3) is 3.70. The van der Waals surface area contributed by atoms with E-state index in [1.54, 1.807) is 42.5 Å². The number of carbonyl (C=O) groups excluding carboxylic acids is 2. The summed E-state index contributed by atoms with van der Waals surface area (Å²) in [5, 5.41) is 4.65. The zero-order valence-electron chi connectivity index (χ0n) is 13.0. The highest BCUT2D eigenvalue weighted by atomic mass is 32.1. The van der Waals surface area contributed by atoms with Crippen LogP contribution in [0.2, 0.25) is 0 Å². The number of ether oxygens (including phenoxy) is 1. The van der Waals surface area contributed by atoms with Crippen LogP contribution in [-0.4, -0.2) is 11.9 Å². The van der Waals surface area contributed by atoms with Crippen molar-refractivity contribution >= 4 is 28.9 Å². The summed E-state index contributed by atoms with van der Waals surface area (Å²) in [6.07, 6.45) is 0. The van der Waals surface area contributed by atoms with Crippen LogP contribution in [0.25, 0.3) is 0 Å². The molecule has 24 heavy (non-hydrogen) atoms. The number of hydrogen-bond acceptors (Lipinski definition) is 4. The van der Waals surface area contributed by atoms with Gasteiger partial charge in [0.25, 0.3) is 5.91 Å². The molecule has 0 atom stereocenters. The predicted molar refractivity (Wildman–Crippen MR) is 94.9 cm³/mol. The van der Waals surface area contributed by atoms with Gasteiger partial charge >= 0.3 is 5.97 Å². The summed E-state index contributed by atoms with van der Waals surface area (Å²) in [5.41, 5.74) is 2.04. The second kappa shape index (κ2) is 7.10. The van der Waals surface area contributed by atoms with E-state index in [1.807, 2.05) is 30.5 Å². The van der Waals surface area contributed by atoms with Crippen molar-refractivity contribution in [3.63, 3.8) is 0 Å². The van der Waals surface area contributed by atoms with Crippen LogP contribution in [0.1, 0.15) is 25.6 Å². The van der Waals surface area contributed by atoms with Crippen molar-refractivity contribution < 1.29 is 14.3 Å². The number of carbonyl (C=O) groups is 2. The first-order valence-electron chi connectivity index (χ1n) is 7.36. The summed E-state index contributed by atoms with van der Waals surface area (Å²) in [7, 11) is 0. The van der Waals surface area contributed by atoms with Crippen LogP contribution in [0, 0.1) is 6.92 Å². The van der Waals surface area contributed by atoms with Crippen LogP contribution >= 0.6 is 11.3 Å².